The lowest BCUT2D eigenvalue weighted by Gasteiger charge is -2.19. The molecule has 0 fully saturated rings. The molecule has 1 atom stereocenters. The minimum atomic E-state index is -3.24. The number of aliphatic imine (C=N–C) groups is 1. The number of hydrogen-bond acceptors (Lipinski definition) is 4. The Balaban J connectivity index is 2.03. The van der Waals surface area contributed by atoms with Crippen molar-refractivity contribution in [2.24, 2.45) is 4.99 Å². The molecule has 0 aliphatic rings. The van der Waals surface area contributed by atoms with E-state index >= 15 is 0 Å². The Morgan fingerprint density at radius 2 is 1.97 bits per heavy atom. The number of nitrogens with zero attached hydrogens (tertiary/aromatic N) is 1. The number of hydrogen-bond donors (Lipinski definition) is 2. The highest BCUT2D eigenvalue weighted by atomic mass is 35.5. The van der Waals surface area contributed by atoms with Gasteiger partial charge in [-0.2, -0.15) is 0 Å². The van der Waals surface area contributed by atoms with E-state index in [4.69, 9.17) is 16.3 Å². The molecule has 2 aromatic carbocycles. The van der Waals surface area contributed by atoms with Crippen molar-refractivity contribution in [2.45, 2.75) is 18.4 Å². The lowest BCUT2D eigenvalue weighted by Crippen LogP contribution is -2.39. The summed E-state index contributed by atoms with van der Waals surface area (Å²) in [7, 11) is -0.0236. The van der Waals surface area contributed by atoms with Crippen molar-refractivity contribution in [1.82, 2.24) is 10.6 Å². The molecular formula is C20H25ClFN3O3S. The molecule has 0 aromatic heterocycles. The number of guanidine groups is 1. The second-order valence-corrected chi connectivity index (χ2v) is 9.15. The van der Waals surface area contributed by atoms with Gasteiger partial charge < -0.3 is 15.4 Å². The zero-order valence-corrected chi connectivity index (χ0v) is 18.1. The van der Waals surface area contributed by atoms with Crippen molar-refractivity contribution < 1.29 is 17.5 Å². The fourth-order valence-electron chi connectivity index (χ4n) is 2.82. The maximum atomic E-state index is 13.7. The van der Waals surface area contributed by atoms with E-state index in [0.29, 0.717) is 28.7 Å². The first-order chi connectivity index (χ1) is 13.7. The third-order valence-corrected chi connectivity index (χ3v) is 5.29. The summed E-state index contributed by atoms with van der Waals surface area (Å²) in [6.45, 7) is 0.646. The van der Waals surface area contributed by atoms with Crippen LogP contribution in [0.15, 0.2) is 47.5 Å². The van der Waals surface area contributed by atoms with Gasteiger partial charge in [0.1, 0.15) is 5.82 Å². The van der Waals surface area contributed by atoms with E-state index in [1.54, 1.807) is 20.2 Å². The number of nitrogens with one attached hydrogen (secondary N) is 2. The summed E-state index contributed by atoms with van der Waals surface area (Å²) in [4.78, 5) is 4.15. The summed E-state index contributed by atoms with van der Waals surface area (Å²) in [6.07, 6.45) is 0.900. The van der Waals surface area contributed by atoms with Crippen LogP contribution in [0.4, 0.5) is 4.39 Å². The van der Waals surface area contributed by atoms with Gasteiger partial charge in [0.2, 0.25) is 0 Å². The van der Waals surface area contributed by atoms with Crippen molar-refractivity contribution >= 4 is 27.4 Å². The van der Waals surface area contributed by atoms with Crippen LogP contribution in [0.2, 0.25) is 5.02 Å². The molecule has 0 bridgehead atoms. The molecule has 6 nitrogen and oxygen atoms in total. The maximum Gasteiger partial charge on any atom is 0.191 e. The second kappa shape index (κ2) is 10.6. The highest BCUT2D eigenvalue weighted by molar-refractivity contribution is 7.89. The van der Waals surface area contributed by atoms with Gasteiger partial charge in [-0.25, -0.2) is 12.8 Å². The topological polar surface area (TPSA) is 79.8 Å². The Morgan fingerprint density at radius 1 is 1.21 bits per heavy atom. The standard InChI is InChI=1S/C20H25ClFN3O3S/c1-23-20(25-12-19(28-2)14-5-4-6-17(21)9-14)24-11-16-10-18(22)8-7-15(16)13-29(3,26)27/h4-10,19H,11-13H2,1-3H3,(H2,23,24,25). The monoisotopic (exact) mass is 441 g/mol. The van der Waals surface area contributed by atoms with E-state index in [0.717, 1.165) is 11.8 Å². The lowest BCUT2D eigenvalue weighted by atomic mass is 10.1. The van der Waals surface area contributed by atoms with Gasteiger partial charge >= 0.3 is 0 Å². The van der Waals surface area contributed by atoms with Crippen LogP contribution in [0.1, 0.15) is 22.8 Å². The molecule has 0 aliphatic carbocycles. The molecule has 1 unspecified atom stereocenters. The molecule has 2 N–H and O–H groups in total. The Labute approximate surface area is 176 Å². The third kappa shape index (κ3) is 7.64. The summed E-state index contributed by atoms with van der Waals surface area (Å²) in [5, 5.41) is 6.85. The van der Waals surface area contributed by atoms with E-state index in [1.165, 1.54) is 18.2 Å². The molecule has 0 amide bonds. The largest absolute Gasteiger partial charge is 0.375 e. The Morgan fingerprint density at radius 3 is 2.59 bits per heavy atom. The van der Waals surface area contributed by atoms with Crippen molar-refractivity contribution in [3.63, 3.8) is 0 Å². The first kappa shape index (κ1) is 23.1. The zero-order chi connectivity index (χ0) is 21.4. The molecule has 0 spiro atoms. The highest BCUT2D eigenvalue weighted by Crippen LogP contribution is 2.20. The fourth-order valence-corrected chi connectivity index (χ4v) is 3.86. The average Bonchev–Trinajstić information content (AvgIpc) is 2.65. The normalized spacial score (nSPS) is 13.2. The smallest absolute Gasteiger partial charge is 0.191 e. The van der Waals surface area contributed by atoms with Crippen LogP contribution >= 0.6 is 11.6 Å². The SMILES string of the molecule is CN=C(NCc1cc(F)ccc1CS(C)(=O)=O)NCC(OC)c1cccc(Cl)c1. The predicted molar refractivity (Wildman–Crippen MR) is 114 cm³/mol. The molecule has 0 aliphatic heterocycles. The van der Waals surface area contributed by atoms with Crippen molar-refractivity contribution in [2.75, 3.05) is 27.0 Å². The van der Waals surface area contributed by atoms with E-state index in [1.807, 2.05) is 18.2 Å². The summed E-state index contributed by atoms with van der Waals surface area (Å²) in [5.41, 5.74) is 2.02. The molecule has 158 valence electrons. The van der Waals surface area contributed by atoms with Crippen LogP contribution in [-0.4, -0.2) is 41.3 Å². The van der Waals surface area contributed by atoms with Crippen LogP contribution in [0.25, 0.3) is 0 Å². The quantitative estimate of drug-likeness (QED) is 0.486. The third-order valence-electron chi connectivity index (χ3n) is 4.22. The lowest BCUT2D eigenvalue weighted by molar-refractivity contribution is 0.106. The molecule has 0 saturated heterocycles. The van der Waals surface area contributed by atoms with Crippen LogP contribution in [-0.2, 0) is 26.9 Å². The van der Waals surface area contributed by atoms with E-state index in [-0.39, 0.29) is 18.4 Å². The van der Waals surface area contributed by atoms with Gasteiger partial charge in [-0.3, -0.25) is 4.99 Å². The van der Waals surface area contributed by atoms with E-state index in [9.17, 15) is 12.8 Å². The Hall–Kier alpha value is -2.16. The summed E-state index contributed by atoms with van der Waals surface area (Å²) < 4.78 is 42.4. The Bertz CT molecular complexity index is 967. The summed E-state index contributed by atoms with van der Waals surface area (Å²) in [6, 6.07) is 11.5. The van der Waals surface area contributed by atoms with Gasteiger partial charge in [-0.1, -0.05) is 29.8 Å². The van der Waals surface area contributed by atoms with Gasteiger partial charge in [-0.05, 0) is 41.0 Å². The van der Waals surface area contributed by atoms with Gasteiger partial charge in [0, 0.05) is 38.5 Å². The molecule has 9 heteroatoms. The van der Waals surface area contributed by atoms with Gasteiger partial charge in [-0.15, -0.1) is 0 Å². The molecule has 2 rings (SSSR count). The zero-order valence-electron chi connectivity index (χ0n) is 16.6. The fraction of sp³-hybridized carbons (Fsp3) is 0.350. The summed E-state index contributed by atoms with van der Waals surface area (Å²) >= 11 is 6.04. The predicted octanol–water partition coefficient (Wildman–Crippen LogP) is 3.08. The van der Waals surface area contributed by atoms with Crippen molar-refractivity contribution in [1.29, 1.82) is 0 Å². The molecule has 2 aromatic rings. The molecule has 29 heavy (non-hydrogen) atoms. The van der Waals surface area contributed by atoms with Crippen molar-refractivity contribution in [3.05, 3.63) is 70.0 Å². The molecule has 0 saturated carbocycles. The van der Waals surface area contributed by atoms with Gasteiger partial charge in [0.15, 0.2) is 15.8 Å². The number of rotatable bonds is 8. The first-order valence-electron chi connectivity index (χ1n) is 8.89. The molecular weight excluding hydrogens is 417 g/mol. The number of ether oxygens (including phenoxy) is 1. The Kier molecular flexibility index (Phi) is 8.43. The number of halogens is 2. The van der Waals surface area contributed by atoms with Gasteiger partial charge in [0.05, 0.1) is 11.9 Å². The minimum absolute atomic E-state index is 0.156. The average molecular weight is 442 g/mol. The van der Waals surface area contributed by atoms with Crippen LogP contribution in [0.3, 0.4) is 0 Å². The minimum Gasteiger partial charge on any atom is -0.375 e. The van der Waals surface area contributed by atoms with E-state index in [2.05, 4.69) is 15.6 Å². The first-order valence-corrected chi connectivity index (χ1v) is 11.3. The second-order valence-electron chi connectivity index (χ2n) is 6.57. The van der Waals surface area contributed by atoms with Crippen LogP contribution < -0.4 is 10.6 Å². The summed E-state index contributed by atoms with van der Waals surface area (Å²) in [5.74, 6) is -0.109. The number of sulfone groups is 1. The highest BCUT2D eigenvalue weighted by Gasteiger charge is 2.13. The van der Waals surface area contributed by atoms with Crippen LogP contribution in [0, 0.1) is 5.82 Å². The maximum absolute atomic E-state index is 13.7. The molecule has 0 heterocycles. The number of methoxy groups -OCH3 is 1. The van der Waals surface area contributed by atoms with E-state index < -0.39 is 15.7 Å². The molecule has 0 radical (unpaired) electrons. The van der Waals surface area contributed by atoms with Crippen molar-refractivity contribution in [3.8, 4) is 0 Å². The number of benzene rings is 2. The van der Waals surface area contributed by atoms with Gasteiger partial charge in [0.25, 0.3) is 0 Å². The van der Waals surface area contributed by atoms with Crippen LogP contribution in [0.5, 0.6) is 0 Å².